The lowest BCUT2D eigenvalue weighted by Crippen LogP contribution is -2.68. The van der Waals surface area contributed by atoms with E-state index in [1.165, 1.54) is 0 Å². The summed E-state index contributed by atoms with van der Waals surface area (Å²) >= 11 is 0. The van der Waals surface area contributed by atoms with Crippen molar-refractivity contribution < 1.29 is 43.9 Å². The Bertz CT molecular complexity index is 308. The van der Waals surface area contributed by atoms with E-state index in [9.17, 15) is 43.9 Å². The van der Waals surface area contributed by atoms with Crippen molar-refractivity contribution in [3.63, 3.8) is 0 Å². The van der Waals surface area contributed by atoms with Crippen LogP contribution in [0.15, 0.2) is 0 Å². The fourth-order valence-electron chi connectivity index (χ4n) is 1.08. The van der Waals surface area contributed by atoms with E-state index in [2.05, 4.69) is 0 Å². The van der Waals surface area contributed by atoms with Crippen molar-refractivity contribution in [2.75, 3.05) is 0 Å². The molecule has 0 fully saturated rings. The minimum absolute atomic E-state index is 0.632. The number of rotatable bonds is 3. The van der Waals surface area contributed by atoms with E-state index in [-0.39, 0.29) is 0 Å². The Balaban J connectivity index is 5.97. The van der Waals surface area contributed by atoms with Gasteiger partial charge < -0.3 is 0 Å². The highest BCUT2D eigenvalue weighted by molar-refractivity contribution is 6.78. The van der Waals surface area contributed by atoms with Crippen molar-refractivity contribution in [1.82, 2.24) is 0 Å². The predicted molar refractivity (Wildman–Crippen MR) is 49.1 cm³/mol. The number of hydrogen-bond donors (Lipinski definition) is 0. The van der Waals surface area contributed by atoms with Gasteiger partial charge in [-0.05, 0) is 0 Å². The maximum Gasteiger partial charge on any atom is 0.434 e. The van der Waals surface area contributed by atoms with Crippen LogP contribution < -0.4 is 0 Å². The van der Waals surface area contributed by atoms with Crippen molar-refractivity contribution in [3.05, 3.63) is 0 Å². The predicted octanol–water partition coefficient (Wildman–Crippen LogP) is 4.67. The summed E-state index contributed by atoms with van der Waals surface area (Å²) in [6, 6.07) is 0. The second kappa shape index (κ2) is 4.52. The lowest BCUT2D eigenvalue weighted by atomic mass is 9.98. The van der Waals surface area contributed by atoms with E-state index in [1.807, 2.05) is 0 Å². The van der Waals surface area contributed by atoms with Gasteiger partial charge in [0.05, 0.1) is 0 Å². The summed E-state index contributed by atoms with van der Waals surface area (Å²) in [5, 5.41) is 0. The van der Waals surface area contributed by atoms with Gasteiger partial charge in [0.2, 0.25) is 6.17 Å². The summed E-state index contributed by atoms with van der Waals surface area (Å²) < 4.78 is 126. The van der Waals surface area contributed by atoms with Crippen LogP contribution in [0, 0.1) is 0 Å². The summed E-state index contributed by atoms with van der Waals surface area (Å²) in [7, 11) is -4.16. The molecule has 0 aromatic carbocycles. The molecule has 11 heteroatoms. The standard InChI is InChI=1S/C8H10F10Si/c1-19(2,3)6(11,12)4(9)5(10,7(13,14)15)8(16,17)18/h4H,1-3H3. The van der Waals surface area contributed by atoms with Crippen LogP contribution in [0.25, 0.3) is 0 Å². The Morgan fingerprint density at radius 1 is 0.684 bits per heavy atom. The molecule has 0 aliphatic carbocycles. The molecule has 0 N–H and O–H groups in total. The number of hydrogen-bond acceptors (Lipinski definition) is 0. The molecule has 0 aromatic rings. The molecule has 0 spiro atoms. The Labute approximate surface area is 102 Å². The first-order valence-electron chi connectivity index (χ1n) is 4.75. The Kier molecular flexibility index (Phi) is 4.40. The average molecular weight is 324 g/mol. The van der Waals surface area contributed by atoms with Crippen LogP contribution >= 0.6 is 0 Å². The molecule has 0 bridgehead atoms. The normalized spacial score (nSPS) is 17.5. The molecule has 0 saturated carbocycles. The van der Waals surface area contributed by atoms with Crippen LogP contribution in [0.5, 0.6) is 0 Å². The van der Waals surface area contributed by atoms with Gasteiger partial charge in [-0.25, -0.2) is 17.6 Å². The number of alkyl halides is 10. The van der Waals surface area contributed by atoms with Crippen LogP contribution in [-0.2, 0) is 0 Å². The van der Waals surface area contributed by atoms with Gasteiger partial charge in [-0.2, -0.15) is 26.3 Å². The van der Waals surface area contributed by atoms with Gasteiger partial charge >= 0.3 is 18.0 Å². The van der Waals surface area contributed by atoms with E-state index >= 15 is 0 Å². The fraction of sp³-hybridized carbons (Fsp3) is 1.00. The first kappa shape index (κ1) is 18.5. The van der Waals surface area contributed by atoms with Gasteiger partial charge in [0, 0.05) is 0 Å². The second-order valence-electron chi connectivity index (χ2n) is 4.94. The number of halogens is 10. The molecule has 116 valence electrons. The van der Waals surface area contributed by atoms with Gasteiger partial charge in [-0.1, -0.05) is 19.6 Å². The third-order valence-corrected chi connectivity index (χ3v) is 4.75. The highest BCUT2D eigenvalue weighted by atomic mass is 28.3. The summed E-state index contributed by atoms with van der Waals surface area (Å²) in [6.07, 6.45) is -18.7. The maximum atomic E-state index is 13.3. The van der Waals surface area contributed by atoms with Crippen LogP contribution in [0.2, 0.25) is 19.6 Å². The van der Waals surface area contributed by atoms with Crippen molar-refractivity contribution in [1.29, 1.82) is 0 Å². The lowest BCUT2D eigenvalue weighted by molar-refractivity contribution is -0.369. The molecule has 0 aromatic heterocycles. The molecular formula is C8H10F10Si. The molecule has 0 nitrogen and oxygen atoms in total. The molecule has 1 atom stereocenters. The SMILES string of the molecule is C[Si](C)(C)C(F)(F)C(F)C(F)(C(F)(F)F)C(F)(F)F. The fourth-order valence-corrected chi connectivity index (χ4v) is 2.04. The quantitative estimate of drug-likeness (QED) is 0.523. The van der Waals surface area contributed by atoms with Crippen LogP contribution in [0.3, 0.4) is 0 Å². The summed E-state index contributed by atoms with van der Waals surface area (Å²) in [4.78, 5) is 0. The van der Waals surface area contributed by atoms with E-state index in [0.29, 0.717) is 19.6 Å². The zero-order chi connectivity index (χ0) is 16.1. The van der Waals surface area contributed by atoms with E-state index in [1.54, 1.807) is 0 Å². The molecule has 0 rings (SSSR count). The molecule has 0 aliphatic heterocycles. The maximum absolute atomic E-state index is 13.3. The molecule has 0 heterocycles. The Hall–Kier alpha value is -0.483. The van der Waals surface area contributed by atoms with Crippen molar-refractivity contribution in [2.45, 2.75) is 49.4 Å². The van der Waals surface area contributed by atoms with E-state index in [4.69, 9.17) is 0 Å². The topological polar surface area (TPSA) is 0 Å². The smallest absolute Gasteiger partial charge is 0.237 e. The van der Waals surface area contributed by atoms with Gasteiger partial charge in [-0.3, -0.25) is 0 Å². The first-order valence-corrected chi connectivity index (χ1v) is 8.25. The molecule has 0 radical (unpaired) electrons. The van der Waals surface area contributed by atoms with Gasteiger partial charge in [-0.15, -0.1) is 0 Å². The minimum Gasteiger partial charge on any atom is -0.237 e. The average Bonchev–Trinajstić information content (AvgIpc) is 2.09. The van der Waals surface area contributed by atoms with Crippen molar-refractivity contribution >= 4 is 8.07 Å². The molecule has 0 amide bonds. The highest BCUT2D eigenvalue weighted by Crippen LogP contribution is 2.54. The zero-order valence-corrected chi connectivity index (χ0v) is 10.9. The van der Waals surface area contributed by atoms with Crippen molar-refractivity contribution in [2.24, 2.45) is 0 Å². The Morgan fingerprint density at radius 2 is 0.947 bits per heavy atom. The zero-order valence-electron chi connectivity index (χ0n) is 9.86. The van der Waals surface area contributed by atoms with Crippen molar-refractivity contribution in [3.8, 4) is 0 Å². The molecule has 1 unspecified atom stereocenters. The summed E-state index contributed by atoms with van der Waals surface area (Å²) in [5.74, 6) is 0. The van der Waals surface area contributed by atoms with Gasteiger partial charge in [0.1, 0.15) is 8.07 Å². The van der Waals surface area contributed by atoms with Gasteiger partial charge in [0.25, 0.3) is 5.55 Å². The van der Waals surface area contributed by atoms with E-state index < -0.39 is 37.8 Å². The Morgan fingerprint density at radius 3 is 1.11 bits per heavy atom. The minimum atomic E-state index is -6.84. The monoisotopic (exact) mass is 324 g/mol. The third kappa shape index (κ3) is 2.84. The van der Waals surface area contributed by atoms with Crippen LogP contribution in [0.4, 0.5) is 43.9 Å². The molecule has 0 aliphatic rings. The second-order valence-corrected chi connectivity index (χ2v) is 10.1. The third-order valence-electron chi connectivity index (χ3n) is 2.49. The largest absolute Gasteiger partial charge is 0.434 e. The summed E-state index contributed by atoms with van der Waals surface area (Å²) in [5.41, 5.74) is -11.7. The van der Waals surface area contributed by atoms with Gasteiger partial charge in [0.15, 0.2) is 0 Å². The van der Waals surface area contributed by atoms with E-state index in [0.717, 1.165) is 0 Å². The van der Waals surface area contributed by atoms with Crippen LogP contribution in [-0.4, -0.2) is 37.8 Å². The first-order chi connectivity index (χ1) is 7.90. The highest BCUT2D eigenvalue weighted by Gasteiger charge is 2.82. The lowest BCUT2D eigenvalue weighted by Gasteiger charge is -2.39. The molecule has 19 heavy (non-hydrogen) atoms. The summed E-state index contributed by atoms with van der Waals surface area (Å²) in [6.45, 7) is 1.90. The van der Waals surface area contributed by atoms with Crippen LogP contribution in [0.1, 0.15) is 0 Å². The molecule has 0 saturated heterocycles. The molecular weight excluding hydrogens is 314 g/mol.